The molecule has 41 heavy (non-hydrogen) atoms. The van der Waals surface area contributed by atoms with Gasteiger partial charge >= 0.3 is 5.97 Å². The quantitative estimate of drug-likeness (QED) is 0.229. The molecule has 0 radical (unpaired) electrons. The van der Waals surface area contributed by atoms with Gasteiger partial charge < -0.3 is 25.0 Å². The Bertz CT molecular complexity index is 1520. The van der Waals surface area contributed by atoms with Crippen LogP contribution in [0, 0.1) is 17.6 Å². The number of nitrogen functional groups attached to an aromatic ring is 1. The lowest BCUT2D eigenvalue weighted by Crippen LogP contribution is -2.47. The summed E-state index contributed by atoms with van der Waals surface area (Å²) < 4.78 is 54.6. The molecule has 1 aromatic heterocycles. The van der Waals surface area contributed by atoms with Gasteiger partial charge in [-0.2, -0.15) is 0 Å². The van der Waals surface area contributed by atoms with E-state index in [2.05, 4.69) is 4.98 Å². The average Bonchev–Trinajstić information content (AvgIpc) is 3.20. The van der Waals surface area contributed by atoms with Gasteiger partial charge in [-0.15, -0.1) is 0 Å². The Morgan fingerprint density at radius 3 is 2.61 bits per heavy atom. The molecular weight excluding hydrogens is 572 g/mol. The maximum atomic E-state index is 16.4. The first-order chi connectivity index (χ1) is 19.8. The van der Waals surface area contributed by atoms with Crippen molar-refractivity contribution in [1.82, 2.24) is 9.88 Å². The number of pyridine rings is 1. The van der Waals surface area contributed by atoms with Crippen LogP contribution in [0.1, 0.15) is 59.1 Å². The fourth-order valence-electron chi connectivity index (χ4n) is 5.39. The first kappa shape index (κ1) is 28.0. The van der Waals surface area contributed by atoms with Gasteiger partial charge in [0, 0.05) is 41.9 Å². The van der Waals surface area contributed by atoms with Crippen LogP contribution in [0.3, 0.4) is 0 Å². The molecule has 4 rings (SSSR count). The Kier molecular flexibility index (Phi) is 7.69. The highest BCUT2D eigenvalue weighted by atomic mass is 35.5. The predicted octanol–water partition coefficient (Wildman–Crippen LogP) is 5.56. The van der Waals surface area contributed by atoms with Gasteiger partial charge in [0.15, 0.2) is 20.0 Å². The predicted molar refractivity (Wildman–Crippen MR) is 154 cm³/mol. The second kappa shape index (κ2) is 11.3. The summed E-state index contributed by atoms with van der Waals surface area (Å²) >= 11 is 5.97. The van der Waals surface area contributed by atoms with E-state index in [0.717, 1.165) is 17.2 Å². The number of anilines is 1. The molecule has 0 aliphatic carbocycles. The van der Waals surface area contributed by atoms with Gasteiger partial charge in [-0.1, -0.05) is 32.4 Å². The molecule has 3 unspecified atom stereocenters. The number of hydrogen-bond acceptors (Lipinski definition) is 6. The summed E-state index contributed by atoms with van der Waals surface area (Å²) in [7, 11) is -2.77. The topological polar surface area (TPSA) is 123 Å². The molecule has 0 bridgehead atoms. The third kappa shape index (κ3) is 5.54. The number of fused-ring (bicyclic) bond motifs is 1. The number of aliphatic carboxylic acids is 1. The molecule has 8 nitrogen and oxygen atoms in total. The summed E-state index contributed by atoms with van der Waals surface area (Å²) in [5.41, 5.74) is 5.22. The Labute approximate surface area is 246 Å². The average molecular weight is 608 g/mol. The number of hydrogen-bond donors (Lipinski definition) is 2. The molecule has 1 aromatic carbocycles. The van der Waals surface area contributed by atoms with Crippen molar-refractivity contribution in [2.45, 2.75) is 76.3 Å². The van der Waals surface area contributed by atoms with E-state index in [9.17, 15) is 19.5 Å². The number of carboxylic acids is 1. The van der Waals surface area contributed by atoms with Crippen molar-refractivity contribution < 1.29 is 35.4 Å². The molecule has 3 N–H and O–H groups in total. The van der Waals surface area contributed by atoms with Gasteiger partial charge in [-0.25, -0.2) is 13.6 Å². The fraction of sp³-hybridized carbons (Fsp3) is 0.448. The molecule has 2 aliphatic heterocycles. The van der Waals surface area contributed by atoms with Crippen molar-refractivity contribution in [1.29, 1.82) is 0 Å². The number of amides is 1. The zero-order valence-electron chi connectivity index (χ0n) is 25.4. The monoisotopic (exact) mass is 607 g/mol. The highest BCUT2D eigenvalue weighted by molar-refractivity contribution is 6.74. The lowest BCUT2D eigenvalue weighted by atomic mass is 9.78. The first-order valence-electron chi connectivity index (χ1n) is 14.1. The first-order valence-corrected chi connectivity index (χ1v) is 16.4. The minimum atomic E-state index is -2.77. The number of benzene rings is 1. The zero-order valence-corrected chi connectivity index (χ0v) is 25.1. The Morgan fingerprint density at radius 2 is 2.00 bits per heavy atom. The van der Waals surface area contributed by atoms with Gasteiger partial charge in [0.1, 0.15) is 18.0 Å². The molecule has 2 aromatic rings. The fourth-order valence-corrected chi connectivity index (χ4v) is 6.20. The van der Waals surface area contributed by atoms with E-state index in [1.807, 2.05) is 20.8 Å². The number of carboxylic acid groups (broad SMARTS) is 1. The lowest BCUT2D eigenvalue weighted by molar-refractivity contribution is -0.148. The molecule has 1 amide bonds. The van der Waals surface area contributed by atoms with Crippen molar-refractivity contribution >= 4 is 49.3 Å². The summed E-state index contributed by atoms with van der Waals surface area (Å²) in [5, 5.41) is 9.69. The molecule has 3 heterocycles. The van der Waals surface area contributed by atoms with Gasteiger partial charge in [0.05, 0.1) is 14.3 Å². The molecular formula is C29H34ClF2N3O5Si. The summed E-state index contributed by atoms with van der Waals surface area (Å²) in [4.78, 5) is 43.1. The standard InChI is InChI=1S/C29H34ClF2N3O5Si/c1-29(2,3)41(4,5)40-14-20-25(31)17(8-10-34-20)24-16(9-11-36)21-12-15(13-22(37)35(21)27(24)28(38)39)23-19(33)7-6-18(30)26(23)32/h6-8,10-11,13,16,21,24,27H,9,12,14,33H2,1-5H3,(H,38,39)/t16?,21?,24?,27-/m0/s1/i14D2. The summed E-state index contributed by atoms with van der Waals surface area (Å²) in [6.45, 7) is 6.62. The Hall–Kier alpha value is -3.15. The molecule has 0 spiro atoms. The SMILES string of the molecule is [2H]C([2H])(O[Si](C)(C)C(C)(C)C)c1nccc(C2C(CC=O)C3CC(c4c(N)ccc(Cl)c4F)=CC(=O)N3[C@@H]2C(=O)O)c1F. The minimum absolute atomic E-state index is 0.0134. The minimum Gasteiger partial charge on any atom is -0.480 e. The van der Waals surface area contributed by atoms with Crippen LogP contribution in [0.25, 0.3) is 5.57 Å². The number of carbonyl (C=O) groups is 3. The van der Waals surface area contributed by atoms with Crippen LogP contribution in [0.5, 0.6) is 0 Å². The second-order valence-corrected chi connectivity index (χ2v) is 17.0. The van der Waals surface area contributed by atoms with E-state index >= 15 is 8.78 Å². The molecule has 220 valence electrons. The van der Waals surface area contributed by atoms with Crippen LogP contribution < -0.4 is 5.73 Å². The molecule has 4 atom stereocenters. The van der Waals surface area contributed by atoms with Crippen molar-refractivity contribution in [3.63, 3.8) is 0 Å². The van der Waals surface area contributed by atoms with Crippen molar-refractivity contribution in [3.8, 4) is 0 Å². The van der Waals surface area contributed by atoms with E-state index in [0.29, 0.717) is 6.29 Å². The van der Waals surface area contributed by atoms with Gasteiger partial charge in [0.2, 0.25) is 5.91 Å². The largest absolute Gasteiger partial charge is 0.480 e. The van der Waals surface area contributed by atoms with Crippen LogP contribution in [0.2, 0.25) is 23.2 Å². The number of nitrogens with zero attached hydrogens (tertiary/aromatic N) is 2. The van der Waals surface area contributed by atoms with E-state index < -0.39 is 73.0 Å². The van der Waals surface area contributed by atoms with E-state index in [-0.39, 0.29) is 40.3 Å². The Balaban J connectivity index is 1.83. The van der Waals surface area contributed by atoms with Crippen LogP contribution in [-0.4, -0.2) is 53.6 Å². The highest BCUT2D eigenvalue weighted by Crippen LogP contribution is 2.50. The zero-order chi connectivity index (χ0) is 32.2. The van der Waals surface area contributed by atoms with Crippen LogP contribution in [-0.2, 0) is 25.4 Å². The number of aromatic nitrogens is 1. The number of rotatable bonds is 8. The van der Waals surface area contributed by atoms with Crippen molar-refractivity contribution in [2.24, 2.45) is 5.92 Å². The van der Waals surface area contributed by atoms with E-state index in [1.165, 1.54) is 18.2 Å². The summed E-state index contributed by atoms with van der Waals surface area (Å²) in [5.74, 6) is -6.38. The van der Waals surface area contributed by atoms with E-state index in [1.54, 1.807) is 13.1 Å². The molecule has 1 saturated heterocycles. The van der Waals surface area contributed by atoms with Gasteiger partial charge in [-0.3, -0.25) is 9.78 Å². The molecule has 2 aliphatic rings. The van der Waals surface area contributed by atoms with E-state index in [4.69, 9.17) is 24.5 Å². The number of nitrogens with two attached hydrogens (primary N) is 1. The summed E-state index contributed by atoms with van der Waals surface area (Å²) in [6, 6.07) is 1.32. The maximum Gasteiger partial charge on any atom is 0.327 e. The number of halogens is 3. The van der Waals surface area contributed by atoms with Crippen LogP contribution in [0.4, 0.5) is 14.5 Å². The normalized spacial score (nSPS) is 24.0. The van der Waals surface area contributed by atoms with Crippen molar-refractivity contribution in [3.05, 3.63) is 63.9 Å². The van der Waals surface area contributed by atoms with Crippen molar-refractivity contribution in [2.75, 3.05) is 5.73 Å². The number of carbonyl (C=O) groups excluding carboxylic acids is 2. The highest BCUT2D eigenvalue weighted by Gasteiger charge is 2.56. The smallest absolute Gasteiger partial charge is 0.327 e. The maximum absolute atomic E-state index is 16.4. The van der Waals surface area contributed by atoms with Crippen LogP contribution in [0.15, 0.2) is 30.5 Å². The third-order valence-electron chi connectivity index (χ3n) is 8.49. The summed E-state index contributed by atoms with van der Waals surface area (Å²) in [6.07, 6.45) is 2.45. The van der Waals surface area contributed by atoms with Gasteiger partial charge in [-0.05, 0) is 59.8 Å². The molecule has 12 heteroatoms. The molecule has 0 saturated carbocycles. The molecule has 1 fully saturated rings. The van der Waals surface area contributed by atoms with Gasteiger partial charge in [0.25, 0.3) is 0 Å². The Morgan fingerprint density at radius 1 is 1.32 bits per heavy atom. The third-order valence-corrected chi connectivity index (χ3v) is 13.0. The number of aldehydes is 1. The second-order valence-electron chi connectivity index (χ2n) is 11.9. The lowest BCUT2D eigenvalue weighted by Gasteiger charge is -2.36. The van der Waals surface area contributed by atoms with Crippen LogP contribution >= 0.6 is 11.6 Å².